The van der Waals surface area contributed by atoms with Gasteiger partial charge in [0.15, 0.2) is 5.41 Å². The monoisotopic (exact) mass is 284 g/mol. The van der Waals surface area contributed by atoms with E-state index in [9.17, 15) is 18.0 Å². The van der Waals surface area contributed by atoms with Gasteiger partial charge >= 0.3 is 6.18 Å². The van der Waals surface area contributed by atoms with Gasteiger partial charge in [-0.25, -0.2) is 0 Å². The van der Waals surface area contributed by atoms with E-state index >= 15 is 0 Å². The molecular formula is C11H19F3N2O3. The van der Waals surface area contributed by atoms with Crippen LogP contribution in [-0.4, -0.2) is 56.6 Å². The van der Waals surface area contributed by atoms with E-state index in [-0.39, 0.29) is 45.9 Å². The molecule has 1 atom stereocenters. The van der Waals surface area contributed by atoms with Crippen molar-refractivity contribution in [2.24, 2.45) is 5.41 Å². The van der Waals surface area contributed by atoms with Gasteiger partial charge in [-0.2, -0.15) is 13.2 Å². The molecule has 0 aliphatic carbocycles. The normalized spacial score (nSPS) is 23.6. The highest BCUT2D eigenvalue weighted by molar-refractivity contribution is 5.84. The molecule has 0 aromatic heterocycles. The SMILES string of the molecule is O=C(NCCCOCCO)C1(C(F)(F)F)CCNC1. The summed E-state index contributed by atoms with van der Waals surface area (Å²) in [6.07, 6.45) is -4.37. The smallest absolute Gasteiger partial charge is 0.394 e. The van der Waals surface area contributed by atoms with Crippen molar-refractivity contribution in [1.82, 2.24) is 10.6 Å². The molecule has 1 amide bonds. The Balaban J connectivity index is 2.38. The number of aliphatic hydroxyl groups is 1. The first-order valence-electron chi connectivity index (χ1n) is 6.18. The molecule has 0 radical (unpaired) electrons. The van der Waals surface area contributed by atoms with Gasteiger partial charge in [0.1, 0.15) is 0 Å². The van der Waals surface area contributed by atoms with Crippen molar-refractivity contribution in [1.29, 1.82) is 0 Å². The molecule has 0 spiro atoms. The van der Waals surface area contributed by atoms with Crippen molar-refractivity contribution < 1.29 is 27.8 Å². The summed E-state index contributed by atoms with van der Waals surface area (Å²) >= 11 is 0. The lowest BCUT2D eigenvalue weighted by Crippen LogP contribution is -2.52. The van der Waals surface area contributed by atoms with Crippen LogP contribution in [0, 0.1) is 5.41 Å². The van der Waals surface area contributed by atoms with E-state index in [4.69, 9.17) is 9.84 Å². The highest BCUT2D eigenvalue weighted by Gasteiger charge is 2.61. The number of hydrogen-bond donors (Lipinski definition) is 3. The molecule has 0 aromatic rings. The van der Waals surface area contributed by atoms with E-state index in [0.29, 0.717) is 6.42 Å². The Morgan fingerprint density at radius 2 is 2.16 bits per heavy atom. The zero-order valence-electron chi connectivity index (χ0n) is 10.6. The van der Waals surface area contributed by atoms with Crippen molar-refractivity contribution in [3.05, 3.63) is 0 Å². The Hall–Kier alpha value is -0.860. The van der Waals surface area contributed by atoms with E-state index in [1.165, 1.54) is 0 Å². The van der Waals surface area contributed by atoms with Crippen molar-refractivity contribution in [3.63, 3.8) is 0 Å². The van der Waals surface area contributed by atoms with E-state index in [1.54, 1.807) is 0 Å². The van der Waals surface area contributed by atoms with Crippen LogP contribution in [0.1, 0.15) is 12.8 Å². The number of nitrogens with one attached hydrogen (secondary N) is 2. The molecule has 112 valence electrons. The molecule has 1 heterocycles. The maximum Gasteiger partial charge on any atom is 0.404 e. The number of amides is 1. The zero-order chi connectivity index (χ0) is 14.4. The fourth-order valence-corrected chi connectivity index (χ4v) is 1.97. The van der Waals surface area contributed by atoms with Gasteiger partial charge in [0.2, 0.25) is 5.91 Å². The molecule has 5 nitrogen and oxygen atoms in total. The molecule has 0 aromatic carbocycles. The predicted octanol–water partition coefficient (Wildman–Crippen LogP) is 0.0436. The summed E-state index contributed by atoms with van der Waals surface area (Å²) in [6.45, 7) is 0.315. The van der Waals surface area contributed by atoms with Crippen molar-refractivity contribution in [3.8, 4) is 0 Å². The summed E-state index contributed by atoms with van der Waals surface area (Å²) in [5.41, 5.74) is -2.31. The highest BCUT2D eigenvalue weighted by Crippen LogP contribution is 2.43. The van der Waals surface area contributed by atoms with Crippen LogP contribution in [0.2, 0.25) is 0 Å². The Morgan fingerprint density at radius 3 is 2.68 bits per heavy atom. The fourth-order valence-electron chi connectivity index (χ4n) is 1.97. The van der Waals surface area contributed by atoms with Crippen LogP contribution in [0.3, 0.4) is 0 Å². The number of rotatable bonds is 7. The summed E-state index contributed by atoms with van der Waals surface area (Å²) in [5.74, 6) is -0.979. The second kappa shape index (κ2) is 7.06. The summed E-state index contributed by atoms with van der Waals surface area (Å²) in [4.78, 5) is 11.8. The molecule has 1 fully saturated rings. The van der Waals surface area contributed by atoms with Crippen LogP contribution in [0.15, 0.2) is 0 Å². The number of halogens is 3. The second-order valence-corrected chi connectivity index (χ2v) is 4.45. The van der Waals surface area contributed by atoms with Gasteiger partial charge in [-0.15, -0.1) is 0 Å². The van der Waals surface area contributed by atoms with E-state index in [1.807, 2.05) is 0 Å². The third-order valence-corrected chi connectivity index (χ3v) is 3.12. The van der Waals surface area contributed by atoms with Crippen LogP contribution < -0.4 is 10.6 Å². The molecule has 1 aliphatic heterocycles. The molecule has 1 aliphatic rings. The van der Waals surface area contributed by atoms with E-state index < -0.39 is 17.5 Å². The van der Waals surface area contributed by atoms with E-state index in [0.717, 1.165) is 0 Å². The number of carbonyl (C=O) groups excluding carboxylic acids is 1. The van der Waals surface area contributed by atoms with Gasteiger partial charge < -0.3 is 20.5 Å². The molecule has 0 saturated carbocycles. The number of alkyl halides is 3. The van der Waals surface area contributed by atoms with Gasteiger partial charge in [0.25, 0.3) is 0 Å². The Kier molecular flexibility index (Phi) is 6.02. The maximum atomic E-state index is 13.0. The largest absolute Gasteiger partial charge is 0.404 e. The lowest BCUT2D eigenvalue weighted by atomic mass is 9.85. The third kappa shape index (κ3) is 4.05. The van der Waals surface area contributed by atoms with Crippen molar-refractivity contribution in [2.75, 3.05) is 39.5 Å². The minimum Gasteiger partial charge on any atom is -0.394 e. The lowest BCUT2D eigenvalue weighted by molar-refractivity contribution is -0.216. The summed E-state index contributed by atoms with van der Waals surface area (Å²) in [5, 5.41) is 13.3. The first-order valence-corrected chi connectivity index (χ1v) is 6.18. The summed E-state index contributed by atoms with van der Waals surface area (Å²) in [7, 11) is 0. The third-order valence-electron chi connectivity index (χ3n) is 3.12. The summed E-state index contributed by atoms with van der Waals surface area (Å²) in [6, 6.07) is 0. The molecule has 0 bridgehead atoms. The number of ether oxygens (including phenoxy) is 1. The molecule has 1 saturated heterocycles. The van der Waals surface area contributed by atoms with Crippen LogP contribution in [0.4, 0.5) is 13.2 Å². The minimum absolute atomic E-state index is 0.102. The Bertz CT molecular complexity index is 291. The number of carbonyl (C=O) groups is 1. The van der Waals surface area contributed by atoms with Gasteiger partial charge in [0.05, 0.1) is 13.2 Å². The maximum absolute atomic E-state index is 13.0. The quantitative estimate of drug-likeness (QED) is 0.578. The Morgan fingerprint density at radius 1 is 1.42 bits per heavy atom. The number of hydrogen-bond acceptors (Lipinski definition) is 4. The van der Waals surface area contributed by atoms with Crippen molar-refractivity contribution >= 4 is 5.91 Å². The molecule has 1 unspecified atom stereocenters. The standard InChI is InChI=1S/C11H19F3N2O3/c12-11(13,14)10(2-4-15-8-10)9(18)16-3-1-6-19-7-5-17/h15,17H,1-8H2,(H,16,18). The topological polar surface area (TPSA) is 70.6 Å². The van der Waals surface area contributed by atoms with Gasteiger partial charge in [-0.3, -0.25) is 4.79 Å². The minimum atomic E-state index is -4.55. The van der Waals surface area contributed by atoms with Crippen LogP contribution in [-0.2, 0) is 9.53 Å². The summed E-state index contributed by atoms with van der Waals surface area (Å²) < 4.78 is 43.9. The molecular weight excluding hydrogens is 265 g/mol. The average Bonchev–Trinajstić information content (AvgIpc) is 2.83. The number of aliphatic hydroxyl groups excluding tert-OH is 1. The van der Waals surface area contributed by atoms with Gasteiger partial charge in [0, 0.05) is 19.7 Å². The lowest BCUT2D eigenvalue weighted by Gasteiger charge is -2.29. The van der Waals surface area contributed by atoms with Gasteiger partial charge in [-0.1, -0.05) is 0 Å². The first-order chi connectivity index (χ1) is 8.94. The average molecular weight is 284 g/mol. The predicted molar refractivity (Wildman–Crippen MR) is 61.5 cm³/mol. The highest BCUT2D eigenvalue weighted by atomic mass is 19.4. The van der Waals surface area contributed by atoms with Gasteiger partial charge in [-0.05, 0) is 19.4 Å². The van der Waals surface area contributed by atoms with Crippen LogP contribution in [0.5, 0.6) is 0 Å². The first kappa shape index (κ1) is 16.2. The molecule has 8 heteroatoms. The second-order valence-electron chi connectivity index (χ2n) is 4.45. The fraction of sp³-hybridized carbons (Fsp3) is 0.909. The molecule has 19 heavy (non-hydrogen) atoms. The zero-order valence-corrected chi connectivity index (χ0v) is 10.6. The Labute approximate surface area is 109 Å². The van der Waals surface area contributed by atoms with E-state index in [2.05, 4.69) is 10.6 Å². The van der Waals surface area contributed by atoms with Crippen molar-refractivity contribution in [2.45, 2.75) is 19.0 Å². The molecule has 1 rings (SSSR count). The molecule has 3 N–H and O–H groups in total. The van der Waals surface area contributed by atoms with Crippen LogP contribution in [0.25, 0.3) is 0 Å². The van der Waals surface area contributed by atoms with Crippen LogP contribution >= 0.6 is 0 Å².